The minimum atomic E-state index is -0.946. The first-order valence-electron chi connectivity index (χ1n) is 9.31. The standard InChI is InChI=1S/C20H26BrN3O4/c1-6-23(15-10-22(11-15)19(27)28-20(3,4)5)17-12(2)16(18(25)26)8-14-7-13(21)9-24(14)17/h7-9,15H,6,10-11H2,1-5H3,(H,25,26). The summed E-state index contributed by atoms with van der Waals surface area (Å²) in [7, 11) is 0. The summed E-state index contributed by atoms with van der Waals surface area (Å²) in [5, 5.41) is 9.63. The number of carboxylic acids is 1. The van der Waals surface area contributed by atoms with E-state index in [2.05, 4.69) is 20.8 Å². The fraction of sp³-hybridized carbons (Fsp3) is 0.500. The van der Waals surface area contributed by atoms with Crippen LogP contribution < -0.4 is 4.90 Å². The Bertz CT molecular complexity index is 926. The number of carboxylic acid groups (broad SMARTS) is 1. The monoisotopic (exact) mass is 451 g/mol. The fourth-order valence-electron chi connectivity index (χ4n) is 3.58. The molecule has 0 bridgehead atoms. The van der Waals surface area contributed by atoms with Gasteiger partial charge in [0.05, 0.1) is 11.6 Å². The van der Waals surface area contributed by atoms with Crippen LogP contribution in [0.1, 0.15) is 43.6 Å². The first-order chi connectivity index (χ1) is 13.0. The predicted octanol–water partition coefficient (Wildman–Crippen LogP) is 4.15. The highest BCUT2D eigenvalue weighted by Crippen LogP contribution is 2.32. The van der Waals surface area contributed by atoms with Gasteiger partial charge in [-0.1, -0.05) is 0 Å². The molecule has 152 valence electrons. The molecule has 1 fully saturated rings. The zero-order valence-electron chi connectivity index (χ0n) is 16.8. The summed E-state index contributed by atoms with van der Waals surface area (Å²) < 4.78 is 8.33. The maximum absolute atomic E-state index is 12.3. The Morgan fingerprint density at radius 3 is 2.50 bits per heavy atom. The van der Waals surface area contributed by atoms with Gasteiger partial charge < -0.3 is 24.0 Å². The van der Waals surface area contributed by atoms with Crippen LogP contribution in [0.15, 0.2) is 22.8 Å². The number of rotatable bonds is 4. The van der Waals surface area contributed by atoms with Crippen LogP contribution in [0, 0.1) is 6.92 Å². The molecule has 1 N–H and O–H groups in total. The zero-order valence-corrected chi connectivity index (χ0v) is 18.4. The topological polar surface area (TPSA) is 74.5 Å². The number of likely N-dealkylation sites (N-methyl/N-ethyl adjacent to an activating group) is 1. The average Bonchev–Trinajstić information content (AvgIpc) is 2.88. The van der Waals surface area contributed by atoms with Gasteiger partial charge in [0.25, 0.3) is 0 Å². The number of pyridine rings is 1. The molecule has 2 aromatic heterocycles. The van der Waals surface area contributed by atoms with Crippen LogP contribution in [0.25, 0.3) is 5.52 Å². The summed E-state index contributed by atoms with van der Waals surface area (Å²) in [6.07, 6.45) is 1.63. The molecule has 0 atom stereocenters. The van der Waals surface area contributed by atoms with Crippen molar-refractivity contribution in [1.82, 2.24) is 9.30 Å². The number of ether oxygens (including phenoxy) is 1. The number of nitrogens with zero attached hydrogens (tertiary/aromatic N) is 3. The van der Waals surface area contributed by atoms with Crippen molar-refractivity contribution < 1.29 is 19.4 Å². The Morgan fingerprint density at radius 2 is 1.96 bits per heavy atom. The van der Waals surface area contributed by atoms with Crippen LogP contribution in [0.3, 0.4) is 0 Å². The van der Waals surface area contributed by atoms with Gasteiger partial charge in [-0.15, -0.1) is 0 Å². The minimum Gasteiger partial charge on any atom is -0.478 e. The minimum absolute atomic E-state index is 0.102. The zero-order chi connectivity index (χ0) is 20.8. The van der Waals surface area contributed by atoms with Crippen molar-refractivity contribution in [3.63, 3.8) is 0 Å². The van der Waals surface area contributed by atoms with E-state index in [9.17, 15) is 14.7 Å². The summed E-state index contributed by atoms with van der Waals surface area (Å²) in [5.74, 6) is -0.101. The molecule has 0 unspecified atom stereocenters. The third-order valence-electron chi connectivity index (χ3n) is 4.87. The molecule has 7 nitrogen and oxygen atoms in total. The van der Waals surface area contributed by atoms with Crippen LogP contribution in [0.2, 0.25) is 0 Å². The van der Waals surface area contributed by atoms with Gasteiger partial charge in [-0.3, -0.25) is 0 Å². The average molecular weight is 452 g/mol. The van der Waals surface area contributed by atoms with Gasteiger partial charge in [-0.25, -0.2) is 9.59 Å². The lowest BCUT2D eigenvalue weighted by Gasteiger charge is -2.46. The lowest BCUT2D eigenvalue weighted by Crippen LogP contribution is -2.62. The Balaban J connectivity index is 1.92. The van der Waals surface area contributed by atoms with Crippen molar-refractivity contribution in [3.05, 3.63) is 33.9 Å². The van der Waals surface area contributed by atoms with Gasteiger partial charge in [0.1, 0.15) is 11.4 Å². The summed E-state index contributed by atoms with van der Waals surface area (Å²) in [4.78, 5) is 27.9. The molecule has 1 aliphatic heterocycles. The molecule has 0 saturated carbocycles. The highest BCUT2D eigenvalue weighted by molar-refractivity contribution is 9.10. The summed E-state index contributed by atoms with van der Waals surface area (Å²) >= 11 is 3.48. The smallest absolute Gasteiger partial charge is 0.410 e. The number of anilines is 1. The van der Waals surface area contributed by atoms with E-state index in [0.29, 0.717) is 25.2 Å². The number of likely N-dealkylation sites (tertiary alicyclic amines) is 1. The molecule has 8 heteroatoms. The largest absolute Gasteiger partial charge is 0.478 e. The molecule has 1 amide bonds. The Kier molecular flexibility index (Phi) is 5.36. The third kappa shape index (κ3) is 3.83. The van der Waals surface area contributed by atoms with E-state index in [-0.39, 0.29) is 17.7 Å². The van der Waals surface area contributed by atoms with Crippen LogP contribution in [-0.2, 0) is 4.74 Å². The quantitative estimate of drug-likeness (QED) is 0.755. The first kappa shape index (κ1) is 20.5. The third-order valence-corrected chi connectivity index (χ3v) is 5.31. The van der Waals surface area contributed by atoms with Crippen molar-refractivity contribution in [2.24, 2.45) is 0 Å². The molecular formula is C20H26BrN3O4. The lowest BCUT2D eigenvalue weighted by atomic mass is 10.0. The molecule has 0 spiro atoms. The van der Waals surface area contributed by atoms with Crippen LogP contribution >= 0.6 is 15.9 Å². The number of hydrogen-bond acceptors (Lipinski definition) is 4. The number of fused-ring (bicyclic) bond motifs is 1. The molecular weight excluding hydrogens is 426 g/mol. The molecule has 0 radical (unpaired) electrons. The van der Waals surface area contributed by atoms with E-state index in [1.165, 1.54) is 0 Å². The van der Waals surface area contributed by atoms with E-state index >= 15 is 0 Å². The van der Waals surface area contributed by atoms with Crippen LogP contribution in [0.4, 0.5) is 10.6 Å². The number of hydrogen-bond donors (Lipinski definition) is 1. The summed E-state index contributed by atoms with van der Waals surface area (Å²) in [6, 6.07) is 3.69. The second kappa shape index (κ2) is 7.31. The molecule has 28 heavy (non-hydrogen) atoms. The highest BCUT2D eigenvalue weighted by atomic mass is 79.9. The van der Waals surface area contributed by atoms with Gasteiger partial charge in [0.2, 0.25) is 0 Å². The lowest BCUT2D eigenvalue weighted by molar-refractivity contribution is 0.00810. The van der Waals surface area contributed by atoms with E-state index in [4.69, 9.17) is 4.74 Å². The number of amides is 1. The van der Waals surface area contributed by atoms with Gasteiger partial charge in [-0.05, 0) is 62.7 Å². The Labute approximate surface area is 173 Å². The molecule has 3 rings (SSSR count). The maximum Gasteiger partial charge on any atom is 0.410 e. The van der Waals surface area contributed by atoms with Crippen molar-refractivity contribution in [2.45, 2.75) is 46.3 Å². The second-order valence-corrected chi connectivity index (χ2v) is 9.01. The van der Waals surface area contributed by atoms with E-state index in [1.54, 1.807) is 11.0 Å². The van der Waals surface area contributed by atoms with Crippen molar-refractivity contribution in [1.29, 1.82) is 0 Å². The number of carbonyl (C=O) groups is 2. The predicted molar refractivity (Wildman–Crippen MR) is 111 cm³/mol. The van der Waals surface area contributed by atoms with E-state index < -0.39 is 11.6 Å². The SMILES string of the molecule is CCN(c1c(C)c(C(=O)O)cc2cc(Br)cn12)C1CN(C(=O)OC(C)(C)C)C1. The van der Waals surface area contributed by atoms with Crippen LogP contribution in [-0.4, -0.2) is 57.7 Å². The van der Waals surface area contributed by atoms with Gasteiger partial charge in [0.15, 0.2) is 0 Å². The maximum atomic E-state index is 12.3. The first-order valence-corrected chi connectivity index (χ1v) is 10.1. The molecule has 0 aliphatic carbocycles. The number of halogens is 1. The van der Waals surface area contributed by atoms with Crippen LogP contribution in [0.5, 0.6) is 0 Å². The van der Waals surface area contributed by atoms with E-state index in [1.807, 2.05) is 51.3 Å². The summed E-state index contributed by atoms with van der Waals surface area (Å²) in [5.41, 5.74) is 1.28. The fourth-order valence-corrected chi connectivity index (χ4v) is 4.02. The molecule has 2 aromatic rings. The molecule has 0 aromatic carbocycles. The number of aromatic carboxylic acids is 1. The summed E-state index contributed by atoms with van der Waals surface area (Å²) in [6.45, 7) is 11.2. The second-order valence-electron chi connectivity index (χ2n) is 8.09. The molecule has 3 heterocycles. The number of carbonyl (C=O) groups excluding carboxylic acids is 1. The molecule has 1 aliphatic rings. The van der Waals surface area contributed by atoms with Gasteiger partial charge >= 0.3 is 12.1 Å². The van der Waals surface area contributed by atoms with Crippen molar-refractivity contribution >= 4 is 39.3 Å². The van der Waals surface area contributed by atoms with Gasteiger partial charge in [-0.2, -0.15) is 0 Å². The van der Waals surface area contributed by atoms with Gasteiger partial charge in [0, 0.05) is 41.4 Å². The number of aromatic nitrogens is 1. The Morgan fingerprint density at radius 1 is 1.32 bits per heavy atom. The van der Waals surface area contributed by atoms with Crippen molar-refractivity contribution in [2.75, 3.05) is 24.5 Å². The molecule has 1 saturated heterocycles. The Hall–Kier alpha value is -2.22. The highest BCUT2D eigenvalue weighted by Gasteiger charge is 2.38. The van der Waals surface area contributed by atoms with Crippen molar-refractivity contribution in [3.8, 4) is 0 Å². The normalized spacial score (nSPS) is 14.9. The van der Waals surface area contributed by atoms with E-state index in [0.717, 1.165) is 15.8 Å².